The van der Waals surface area contributed by atoms with Crippen LogP contribution in [0.1, 0.15) is 12.8 Å². The quantitative estimate of drug-likeness (QED) is 0.617. The van der Waals surface area contributed by atoms with Gasteiger partial charge in [0.1, 0.15) is 0 Å². The molecular weight excluding hydrogens is 316 g/mol. The number of carbonyl (C=O) groups is 1. The zero-order valence-corrected chi connectivity index (χ0v) is 11.6. The van der Waals surface area contributed by atoms with E-state index in [1.54, 1.807) is 6.07 Å². The maximum absolute atomic E-state index is 10.8. The third-order valence-corrected chi connectivity index (χ3v) is 3.95. The highest BCUT2D eigenvalue weighted by atomic mass is 79.9. The van der Waals surface area contributed by atoms with Crippen molar-refractivity contribution in [2.24, 2.45) is 5.92 Å². The van der Waals surface area contributed by atoms with Crippen molar-refractivity contribution in [1.29, 1.82) is 0 Å². The summed E-state index contributed by atoms with van der Waals surface area (Å²) in [5, 5.41) is 21.4. The average molecular weight is 328 g/mol. The fourth-order valence-corrected chi connectivity index (χ4v) is 2.84. The first-order valence-corrected chi connectivity index (χ1v) is 6.68. The van der Waals surface area contributed by atoms with E-state index in [-0.39, 0.29) is 5.69 Å². The summed E-state index contributed by atoms with van der Waals surface area (Å²) in [5.74, 6) is -1.39. The Morgan fingerprint density at radius 3 is 2.47 bits per heavy atom. The molecule has 0 aromatic heterocycles. The normalized spacial score (nSPS) is 16.4. The fraction of sp³-hybridized carbons (Fsp3) is 0.417. The molecule has 0 unspecified atom stereocenters. The van der Waals surface area contributed by atoms with Crippen LogP contribution >= 0.6 is 15.9 Å². The topological polar surface area (TPSA) is 86.5 Å². The van der Waals surface area contributed by atoms with E-state index in [4.69, 9.17) is 0 Å². The first-order chi connectivity index (χ1) is 8.99. The predicted octanol–water partition coefficient (Wildman–Crippen LogP) is 1.32. The number of aliphatic carboxylic acids is 1. The van der Waals surface area contributed by atoms with Crippen LogP contribution in [-0.4, -0.2) is 24.0 Å². The predicted molar refractivity (Wildman–Crippen MR) is 70.7 cm³/mol. The molecule has 1 fully saturated rings. The number of carboxylic acids is 1. The summed E-state index contributed by atoms with van der Waals surface area (Å²) in [5.41, 5.74) is 0.877. The van der Waals surface area contributed by atoms with Gasteiger partial charge < -0.3 is 14.8 Å². The molecule has 1 heterocycles. The van der Waals surface area contributed by atoms with Crippen LogP contribution in [0, 0.1) is 16.0 Å². The van der Waals surface area contributed by atoms with Crippen LogP contribution in [0.2, 0.25) is 0 Å². The van der Waals surface area contributed by atoms with Gasteiger partial charge in [-0.25, -0.2) is 0 Å². The molecule has 1 aliphatic rings. The van der Waals surface area contributed by atoms with Gasteiger partial charge in [0.25, 0.3) is 5.69 Å². The van der Waals surface area contributed by atoms with E-state index >= 15 is 0 Å². The van der Waals surface area contributed by atoms with E-state index in [1.165, 1.54) is 12.1 Å². The fourth-order valence-electron chi connectivity index (χ4n) is 2.22. The van der Waals surface area contributed by atoms with Crippen molar-refractivity contribution in [2.75, 3.05) is 18.0 Å². The van der Waals surface area contributed by atoms with Crippen molar-refractivity contribution in [1.82, 2.24) is 0 Å². The van der Waals surface area contributed by atoms with Crippen LogP contribution in [-0.2, 0) is 4.79 Å². The summed E-state index contributed by atoms with van der Waals surface area (Å²) in [4.78, 5) is 23.0. The molecule has 0 N–H and O–H groups in total. The average Bonchev–Trinajstić information content (AvgIpc) is 2.38. The second kappa shape index (κ2) is 5.56. The molecule has 0 atom stereocenters. The SMILES string of the molecule is O=C([O-])C1CCN(c2ccc([N+](=O)[O-])cc2Br)CC1. The number of carboxylic acid groups (broad SMARTS) is 1. The van der Waals surface area contributed by atoms with E-state index in [0.29, 0.717) is 30.4 Å². The monoisotopic (exact) mass is 327 g/mol. The number of nitrogens with zero attached hydrogens (tertiary/aromatic N) is 2. The Bertz CT molecular complexity index is 512. The number of carbonyl (C=O) groups excluding carboxylic acids is 1. The third kappa shape index (κ3) is 3.04. The summed E-state index contributed by atoms with van der Waals surface area (Å²) in [6.07, 6.45) is 1.07. The summed E-state index contributed by atoms with van der Waals surface area (Å²) >= 11 is 3.32. The van der Waals surface area contributed by atoms with Crippen LogP contribution in [0.5, 0.6) is 0 Å². The first-order valence-electron chi connectivity index (χ1n) is 5.89. The van der Waals surface area contributed by atoms with Crippen molar-refractivity contribution < 1.29 is 14.8 Å². The van der Waals surface area contributed by atoms with Crippen LogP contribution in [0.15, 0.2) is 22.7 Å². The standard InChI is InChI=1S/C12H13BrN2O4/c13-10-7-9(15(18)19)1-2-11(10)14-5-3-8(4-6-14)12(16)17/h1-2,7-8H,3-6H2,(H,16,17)/p-1. The Labute approximate surface area is 118 Å². The lowest BCUT2D eigenvalue weighted by molar-refractivity contribution is -0.384. The number of benzene rings is 1. The number of nitro groups is 1. The van der Waals surface area contributed by atoms with Gasteiger partial charge in [0, 0.05) is 41.6 Å². The summed E-state index contributed by atoms with van der Waals surface area (Å²) in [7, 11) is 0. The molecule has 7 heteroatoms. The Balaban J connectivity index is 2.11. The second-order valence-electron chi connectivity index (χ2n) is 4.47. The van der Waals surface area contributed by atoms with Gasteiger partial charge in [-0.15, -0.1) is 0 Å². The molecule has 1 aromatic rings. The number of anilines is 1. The van der Waals surface area contributed by atoms with Gasteiger partial charge in [-0.1, -0.05) is 0 Å². The highest BCUT2D eigenvalue weighted by Gasteiger charge is 2.22. The Kier molecular flexibility index (Phi) is 4.04. The maximum Gasteiger partial charge on any atom is 0.270 e. The van der Waals surface area contributed by atoms with Gasteiger partial charge in [0.05, 0.1) is 10.6 Å². The van der Waals surface area contributed by atoms with Crippen molar-refractivity contribution in [3.63, 3.8) is 0 Å². The van der Waals surface area contributed by atoms with Gasteiger partial charge in [-0.05, 0) is 34.8 Å². The van der Waals surface area contributed by atoms with Crippen LogP contribution in [0.3, 0.4) is 0 Å². The molecule has 0 amide bonds. The molecule has 2 rings (SSSR count). The number of hydrogen-bond donors (Lipinski definition) is 0. The van der Waals surface area contributed by atoms with Crippen LogP contribution < -0.4 is 10.0 Å². The van der Waals surface area contributed by atoms with E-state index in [2.05, 4.69) is 15.9 Å². The van der Waals surface area contributed by atoms with E-state index < -0.39 is 16.8 Å². The number of rotatable bonds is 3. The summed E-state index contributed by atoms with van der Waals surface area (Å²) < 4.78 is 0.647. The largest absolute Gasteiger partial charge is 0.550 e. The number of halogens is 1. The summed E-state index contributed by atoms with van der Waals surface area (Å²) in [6, 6.07) is 4.59. The molecule has 1 saturated heterocycles. The minimum absolute atomic E-state index is 0.0280. The van der Waals surface area contributed by atoms with Crippen molar-refractivity contribution in [2.45, 2.75) is 12.8 Å². The zero-order valence-electron chi connectivity index (χ0n) is 10.0. The van der Waals surface area contributed by atoms with Crippen molar-refractivity contribution >= 4 is 33.3 Å². The van der Waals surface area contributed by atoms with Gasteiger partial charge in [0.2, 0.25) is 0 Å². The smallest absolute Gasteiger partial charge is 0.270 e. The minimum Gasteiger partial charge on any atom is -0.550 e. The van der Waals surface area contributed by atoms with E-state index in [0.717, 1.165) is 5.69 Å². The highest BCUT2D eigenvalue weighted by molar-refractivity contribution is 9.10. The van der Waals surface area contributed by atoms with Crippen molar-refractivity contribution in [3.8, 4) is 0 Å². The van der Waals surface area contributed by atoms with Crippen molar-refractivity contribution in [3.05, 3.63) is 32.8 Å². The number of piperidine rings is 1. The molecule has 1 aromatic carbocycles. The van der Waals surface area contributed by atoms with Gasteiger partial charge in [-0.3, -0.25) is 10.1 Å². The number of hydrogen-bond acceptors (Lipinski definition) is 5. The lowest BCUT2D eigenvalue weighted by atomic mass is 9.97. The molecule has 0 aliphatic carbocycles. The van der Waals surface area contributed by atoms with E-state index in [9.17, 15) is 20.0 Å². The van der Waals surface area contributed by atoms with Gasteiger partial charge in [0.15, 0.2) is 0 Å². The molecule has 1 aliphatic heterocycles. The molecule has 0 spiro atoms. The molecule has 102 valence electrons. The molecular formula is C12H12BrN2O4-. The van der Waals surface area contributed by atoms with Gasteiger partial charge >= 0.3 is 0 Å². The maximum atomic E-state index is 10.8. The zero-order chi connectivity index (χ0) is 14.0. The third-order valence-electron chi connectivity index (χ3n) is 3.31. The number of non-ortho nitro benzene ring substituents is 1. The lowest BCUT2D eigenvalue weighted by Gasteiger charge is -2.34. The minimum atomic E-state index is -0.998. The van der Waals surface area contributed by atoms with Crippen LogP contribution in [0.4, 0.5) is 11.4 Å². The van der Waals surface area contributed by atoms with Crippen LogP contribution in [0.25, 0.3) is 0 Å². The Morgan fingerprint density at radius 1 is 1.37 bits per heavy atom. The highest BCUT2D eigenvalue weighted by Crippen LogP contribution is 2.32. The second-order valence-corrected chi connectivity index (χ2v) is 5.33. The number of nitro benzene ring substituents is 1. The molecule has 0 saturated carbocycles. The Morgan fingerprint density at radius 2 is 2.00 bits per heavy atom. The molecule has 0 radical (unpaired) electrons. The lowest BCUT2D eigenvalue weighted by Crippen LogP contribution is -2.41. The molecule has 0 bridgehead atoms. The van der Waals surface area contributed by atoms with Gasteiger partial charge in [-0.2, -0.15) is 0 Å². The van der Waals surface area contributed by atoms with E-state index in [1.807, 2.05) is 4.90 Å². The first kappa shape index (κ1) is 13.8. The Hall–Kier alpha value is -1.63. The summed E-state index contributed by atoms with van der Waals surface area (Å²) in [6.45, 7) is 1.21. The molecule has 19 heavy (non-hydrogen) atoms. The molecule has 6 nitrogen and oxygen atoms in total.